The standard InChI is InChI=1S/C20H19N5O3/c1-12-6-14(10-25(12)11-22)24-19(26)20-23-9-18(28-20)16-7-13(8-21)2-5-17(16)27-15-3-4-15/h2,5,7,9,12,14-15H,3-4,6,10H2,1H3,(H,24,26)/t12-,14+/m0/s1. The minimum Gasteiger partial charge on any atom is -0.490 e. The first-order valence-corrected chi connectivity index (χ1v) is 9.21. The summed E-state index contributed by atoms with van der Waals surface area (Å²) in [6.45, 7) is 2.42. The van der Waals surface area contributed by atoms with Crippen LogP contribution in [0.15, 0.2) is 28.8 Å². The molecule has 142 valence electrons. The zero-order chi connectivity index (χ0) is 19.7. The summed E-state index contributed by atoms with van der Waals surface area (Å²) < 4.78 is 11.6. The van der Waals surface area contributed by atoms with Crippen LogP contribution in [-0.4, -0.2) is 40.5 Å². The zero-order valence-electron chi connectivity index (χ0n) is 15.4. The number of hydrogen-bond donors (Lipinski definition) is 1. The molecule has 1 aliphatic carbocycles. The zero-order valence-corrected chi connectivity index (χ0v) is 15.4. The molecule has 28 heavy (non-hydrogen) atoms. The Bertz CT molecular complexity index is 982. The Morgan fingerprint density at radius 1 is 1.39 bits per heavy atom. The first kappa shape index (κ1) is 17.9. The third kappa shape index (κ3) is 3.63. The normalized spacial score (nSPS) is 21.0. The molecule has 8 heteroatoms. The second-order valence-corrected chi connectivity index (χ2v) is 7.18. The molecule has 0 bridgehead atoms. The van der Waals surface area contributed by atoms with Gasteiger partial charge in [-0.05, 0) is 44.4 Å². The first-order chi connectivity index (χ1) is 13.6. The Labute approximate surface area is 162 Å². The first-order valence-electron chi connectivity index (χ1n) is 9.21. The van der Waals surface area contributed by atoms with Crippen LogP contribution >= 0.6 is 0 Å². The summed E-state index contributed by atoms with van der Waals surface area (Å²) in [6, 6.07) is 7.15. The van der Waals surface area contributed by atoms with Crippen molar-refractivity contribution in [2.75, 3.05) is 6.54 Å². The molecule has 8 nitrogen and oxygen atoms in total. The van der Waals surface area contributed by atoms with Crippen molar-refractivity contribution in [2.45, 2.75) is 44.4 Å². The van der Waals surface area contributed by atoms with Gasteiger partial charge in [0, 0.05) is 18.6 Å². The lowest BCUT2D eigenvalue weighted by molar-refractivity contribution is 0.0904. The van der Waals surface area contributed by atoms with Gasteiger partial charge in [-0.2, -0.15) is 10.5 Å². The van der Waals surface area contributed by atoms with Crippen LogP contribution in [0.3, 0.4) is 0 Å². The smallest absolute Gasteiger partial charge is 0.307 e. The number of aromatic nitrogens is 1. The second-order valence-electron chi connectivity index (χ2n) is 7.18. The number of carbonyl (C=O) groups is 1. The van der Waals surface area contributed by atoms with Crippen molar-refractivity contribution in [1.82, 2.24) is 15.2 Å². The Morgan fingerprint density at radius 3 is 2.89 bits per heavy atom. The van der Waals surface area contributed by atoms with Crippen molar-refractivity contribution in [3.05, 3.63) is 35.9 Å². The van der Waals surface area contributed by atoms with E-state index in [4.69, 9.17) is 14.4 Å². The lowest BCUT2D eigenvalue weighted by atomic mass is 10.1. The van der Waals surface area contributed by atoms with Crippen LogP contribution in [0, 0.1) is 22.8 Å². The molecule has 2 heterocycles. The van der Waals surface area contributed by atoms with Crippen LogP contribution in [0.5, 0.6) is 5.75 Å². The highest BCUT2D eigenvalue weighted by Gasteiger charge is 2.31. The van der Waals surface area contributed by atoms with Gasteiger partial charge in [0.25, 0.3) is 5.89 Å². The number of ether oxygens (including phenoxy) is 1. The van der Waals surface area contributed by atoms with Crippen LogP contribution in [0.25, 0.3) is 11.3 Å². The summed E-state index contributed by atoms with van der Waals surface area (Å²) in [6.07, 6.45) is 6.47. The Morgan fingerprint density at radius 2 is 2.21 bits per heavy atom. The summed E-state index contributed by atoms with van der Waals surface area (Å²) in [5.74, 6) is 0.498. The fourth-order valence-electron chi connectivity index (χ4n) is 3.29. The van der Waals surface area contributed by atoms with Gasteiger partial charge in [0.1, 0.15) is 5.75 Å². The van der Waals surface area contributed by atoms with Crippen molar-refractivity contribution >= 4 is 5.91 Å². The number of nitriles is 2. The van der Waals surface area contributed by atoms with Crippen LogP contribution in [0.2, 0.25) is 0 Å². The monoisotopic (exact) mass is 377 g/mol. The average molecular weight is 377 g/mol. The van der Waals surface area contributed by atoms with Gasteiger partial charge in [0.2, 0.25) is 0 Å². The van der Waals surface area contributed by atoms with Crippen LogP contribution < -0.4 is 10.1 Å². The van der Waals surface area contributed by atoms with Crippen LogP contribution in [0.1, 0.15) is 42.4 Å². The fraction of sp³-hybridized carbons (Fsp3) is 0.400. The van der Waals surface area contributed by atoms with Gasteiger partial charge >= 0.3 is 5.91 Å². The summed E-state index contributed by atoms with van der Waals surface area (Å²) in [7, 11) is 0. The van der Waals surface area contributed by atoms with E-state index in [0.717, 1.165) is 12.8 Å². The highest BCUT2D eigenvalue weighted by atomic mass is 16.5. The van der Waals surface area contributed by atoms with Crippen molar-refractivity contribution in [3.8, 4) is 29.3 Å². The van der Waals surface area contributed by atoms with Gasteiger partial charge in [-0.25, -0.2) is 4.98 Å². The molecule has 2 atom stereocenters. The molecule has 2 aliphatic rings. The van der Waals surface area contributed by atoms with Crippen LogP contribution in [-0.2, 0) is 0 Å². The van der Waals surface area contributed by atoms with Crippen molar-refractivity contribution in [1.29, 1.82) is 10.5 Å². The molecule has 1 aromatic heterocycles. The van der Waals surface area contributed by atoms with E-state index in [2.05, 4.69) is 22.6 Å². The number of likely N-dealkylation sites (tertiary alicyclic amines) is 1. The summed E-state index contributed by atoms with van der Waals surface area (Å²) in [4.78, 5) is 18.2. The third-order valence-corrected chi connectivity index (χ3v) is 4.93. The number of benzene rings is 1. The van der Waals surface area contributed by atoms with Gasteiger partial charge in [-0.15, -0.1) is 0 Å². The third-order valence-electron chi connectivity index (χ3n) is 4.93. The van der Waals surface area contributed by atoms with Crippen molar-refractivity contribution in [3.63, 3.8) is 0 Å². The summed E-state index contributed by atoms with van der Waals surface area (Å²) >= 11 is 0. The lowest BCUT2D eigenvalue weighted by Crippen LogP contribution is -2.36. The molecular formula is C20H19N5O3. The topological polar surface area (TPSA) is 115 Å². The van der Waals surface area contributed by atoms with E-state index in [-0.39, 0.29) is 24.1 Å². The number of hydrogen-bond acceptors (Lipinski definition) is 7. The quantitative estimate of drug-likeness (QED) is 0.796. The van der Waals surface area contributed by atoms with Crippen molar-refractivity contribution in [2.24, 2.45) is 0 Å². The summed E-state index contributed by atoms with van der Waals surface area (Å²) in [5.41, 5.74) is 1.07. The number of carbonyl (C=O) groups excluding carboxylic acids is 1. The van der Waals surface area contributed by atoms with E-state index in [0.29, 0.717) is 35.6 Å². The van der Waals surface area contributed by atoms with Gasteiger partial charge in [-0.3, -0.25) is 4.79 Å². The Kier molecular flexibility index (Phi) is 4.62. The van der Waals surface area contributed by atoms with E-state index in [9.17, 15) is 10.1 Å². The van der Waals surface area contributed by atoms with E-state index < -0.39 is 5.91 Å². The highest BCUT2D eigenvalue weighted by molar-refractivity contribution is 5.90. The molecule has 2 aromatic rings. The molecule has 1 saturated carbocycles. The Hall–Kier alpha value is -3.52. The van der Waals surface area contributed by atoms with Gasteiger partial charge in [0.05, 0.1) is 29.5 Å². The SMILES string of the molecule is C[C@H]1C[C@@H](NC(=O)c2ncc(-c3cc(C#N)ccc3OC3CC3)o2)CN1C#N. The van der Waals surface area contributed by atoms with Crippen LogP contribution in [0.4, 0.5) is 0 Å². The van der Waals surface area contributed by atoms with Crippen molar-refractivity contribution < 1.29 is 13.9 Å². The fourth-order valence-corrected chi connectivity index (χ4v) is 3.29. The van der Waals surface area contributed by atoms with Gasteiger partial charge in [0.15, 0.2) is 12.0 Å². The van der Waals surface area contributed by atoms with E-state index >= 15 is 0 Å². The largest absolute Gasteiger partial charge is 0.490 e. The predicted octanol–water partition coefficient (Wildman–Crippen LogP) is 2.43. The minimum atomic E-state index is -0.427. The molecule has 1 amide bonds. The molecule has 1 aliphatic heterocycles. The number of oxazole rings is 1. The summed E-state index contributed by atoms with van der Waals surface area (Å²) in [5, 5.41) is 21.1. The maximum atomic E-state index is 12.5. The Balaban J connectivity index is 1.52. The average Bonchev–Trinajstić information content (AvgIpc) is 3.24. The number of rotatable bonds is 5. The number of nitrogens with zero attached hydrogens (tertiary/aromatic N) is 4. The second kappa shape index (κ2) is 7.24. The highest BCUT2D eigenvalue weighted by Crippen LogP contribution is 2.36. The molecule has 0 unspecified atom stereocenters. The van der Waals surface area contributed by atoms with E-state index in [1.54, 1.807) is 23.1 Å². The van der Waals surface area contributed by atoms with Gasteiger partial charge in [-0.1, -0.05) is 0 Å². The predicted molar refractivity (Wildman–Crippen MR) is 98.0 cm³/mol. The number of nitrogens with one attached hydrogen (secondary N) is 1. The maximum absolute atomic E-state index is 12.5. The molecule has 4 rings (SSSR count). The molecule has 0 radical (unpaired) electrons. The minimum absolute atomic E-state index is 0.0576. The molecule has 1 N–H and O–H groups in total. The molecule has 2 fully saturated rings. The molecule has 1 saturated heterocycles. The molecule has 1 aromatic carbocycles. The van der Waals surface area contributed by atoms with Gasteiger partial charge < -0.3 is 19.4 Å². The number of amides is 1. The molecule has 0 spiro atoms. The lowest BCUT2D eigenvalue weighted by Gasteiger charge is -2.11. The van der Waals surface area contributed by atoms with E-state index in [1.165, 1.54) is 6.20 Å². The molecular weight excluding hydrogens is 358 g/mol. The maximum Gasteiger partial charge on any atom is 0.307 e. The van der Waals surface area contributed by atoms with E-state index in [1.807, 2.05) is 6.92 Å².